The molecule has 1 aromatic heterocycles. The molecule has 2 aromatic carbocycles. The number of halogens is 1. The Labute approximate surface area is 167 Å². The van der Waals surface area contributed by atoms with Crippen molar-refractivity contribution >= 4 is 22.4 Å². The molecule has 0 spiro atoms. The van der Waals surface area contributed by atoms with Crippen LogP contribution in [0, 0.1) is 26.6 Å². The van der Waals surface area contributed by atoms with Crippen LogP contribution in [-0.4, -0.2) is 24.6 Å². The first-order chi connectivity index (χ1) is 13.4. The van der Waals surface area contributed by atoms with E-state index in [1.54, 1.807) is 17.5 Å². The summed E-state index contributed by atoms with van der Waals surface area (Å²) in [5.74, 6) is 0.123. The molecule has 0 atom stereocenters. The summed E-state index contributed by atoms with van der Waals surface area (Å²) in [6.07, 6.45) is 0. The van der Waals surface area contributed by atoms with Crippen LogP contribution in [0.3, 0.4) is 0 Å². The number of nitrogens with zero attached hydrogens (tertiary/aromatic N) is 1. The third-order valence-corrected chi connectivity index (χ3v) is 4.91. The molecule has 146 valence electrons. The number of anilines is 1. The van der Waals surface area contributed by atoms with E-state index in [-0.39, 0.29) is 18.3 Å². The number of aromatic nitrogens is 1. The zero-order chi connectivity index (χ0) is 20.3. The van der Waals surface area contributed by atoms with E-state index < -0.39 is 5.82 Å². The highest BCUT2D eigenvalue weighted by molar-refractivity contribution is 7.14. The molecule has 0 aliphatic rings. The van der Waals surface area contributed by atoms with Gasteiger partial charge in [-0.25, -0.2) is 9.37 Å². The fourth-order valence-electron chi connectivity index (χ4n) is 2.98. The predicted molar refractivity (Wildman–Crippen MR) is 109 cm³/mol. The largest absolute Gasteiger partial charge is 0.494 e. The van der Waals surface area contributed by atoms with Gasteiger partial charge in [-0.3, -0.25) is 10.1 Å². The number of ether oxygens (including phenoxy) is 2. The normalized spacial score (nSPS) is 10.6. The maximum absolute atomic E-state index is 13.9. The lowest BCUT2D eigenvalue weighted by Gasteiger charge is -2.12. The molecule has 3 rings (SSSR count). The molecule has 3 aromatic rings. The number of benzene rings is 2. The van der Waals surface area contributed by atoms with Gasteiger partial charge in [-0.1, -0.05) is 17.7 Å². The molecule has 1 N–H and O–H groups in total. The van der Waals surface area contributed by atoms with E-state index >= 15 is 0 Å². The van der Waals surface area contributed by atoms with Crippen molar-refractivity contribution in [3.63, 3.8) is 0 Å². The van der Waals surface area contributed by atoms with Crippen molar-refractivity contribution < 1.29 is 18.7 Å². The highest BCUT2D eigenvalue weighted by Gasteiger charge is 2.12. The molecule has 7 heteroatoms. The van der Waals surface area contributed by atoms with Crippen LogP contribution >= 0.6 is 11.3 Å². The molecule has 1 heterocycles. The quantitative estimate of drug-likeness (QED) is 0.639. The minimum atomic E-state index is -0.462. The molecule has 28 heavy (non-hydrogen) atoms. The Bertz CT molecular complexity index is 994. The topological polar surface area (TPSA) is 60.5 Å². The van der Waals surface area contributed by atoms with Crippen molar-refractivity contribution in [1.29, 1.82) is 0 Å². The molecule has 0 aliphatic carbocycles. The van der Waals surface area contributed by atoms with Crippen LogP contribution in [0.15, 0.2) is 35.7 Å². The predicted octanol–water partition coefficient (Wildman–Crippen LogP) is 4.90. The van der Waals surface area contributed by atoms with Crippen molar-refractivity contribution in [2.45, 2.75) is 20.8 Å². The number of nitrogens with one attached hydrogen (secondary N) is 1. The molecule has 0 saturated heterocycles. The number of hydrogen-bond donors (Lipinski definition) is 1. The second-order valence-electron chi connectivity index (χ2n) is 6.45. The third kappa shape index (κ3) is 4.48. The zero-order valence-corrected chi connectivity index (χ0v) is 16.9. The number of aryl methyl sites for hydroxylation is 3. The van der Waals surface area contributed by atoms with Crippen molar-refractivity contribution in [1.82, 2.24) is 4.98 Å². The fourth-order valence-corrected chi connectivity index (χ4v) is 3.71. The van der Waals surface area contributed by atoms with E-state index in [1.807, 2.05) is 32.9 Å². The summed E-state index contributed by atoms with van der Waals surface area (Å²) in [7, 11) is 1.41. The average Bonchev–Trinajstić information content (AvgIpc) is 3.09. The summed E-state index contributed by atoms with van der Waals surface area (Å²) in [5.41, 5.74) is 4.31. The van der Waals surface area contributed by atoms with E-state index in [4.69, 9.17) is 9.47 Å². The Morgan fingerprint density at radius 2 is 1.89 bits per heavy atom. The Balaban J connectivity index is 1.64. The Morgan fingerprint density at radius 1 is 1.18 bits per heavy atom. The van der Waals surface area contributed by atoms with Crippen LogP contribution in [0.4, 0.5) is 9.52 Å². The lowest BCUT2D eigenvalue weighted by Crippen LogP contribution is -2.20. The highest BCUT2D eigenvalue weighted by atomic mass is 32.1. The van der Waals surface area contributed by atoms with Crippen LogP contribution in [0.5, 0.6) is 11.5 Å². The van der Waals surface area contributed by atoms with Crippen LogP contribution in [0.2, 0.25) is 0 Å². The summed E-state index contributed by atoms with van der Waals surface area (Å²) < 4.78 is 24.5. The van der Waals surface area contributed by atoms with E-state index in [2.05, 4.69) is 10.3 Å². The van der Waals surface area contributed by atoms with E-state index in [0.717, 1.165) is 16.7 Å². The number of methoxy groups -OCH3 is 1. The molecular formula is C21H21FN2O3S. The first-order valence-electron chi connectivity index (χ1n) is 8.67. The van der Waals surface area contributed by atoms with Crippen LogP contribution in [0.25, 0.3) is 11.3 Å². The second-order valence-corrected chi connectivity index (χ2v) is 7.31. The molecule has 5 nitrogen and oxygen atoms in total. The van der Waals surface area contributed by atoms with Gasteiger partial charge in [-0.15, -0.1) is 11.3 Å². The van der Waals surface area contributed by atoms with Crippen molar-refractivity contribution in [3.05, 3.63) is 58.2 Å². The standard InChI is InChI=1S/C21H21FN2O3S/c1-12-7-13(2)20(14(3)8-12)27-10-19(25)24-21-23-17(11-28-21)15-5-6-18(26-4)16(22)9-15/h5-9,11H,10H2,1-4H3,(H,23,24,25). The fraction of sp³-hybridized carbons (Fsp3) is 0.238. The SMILES string of the molecule is COc1ccc(-c2csc(NC(=O)COc3c(C)cc(C)cc3C)n2)cc1F. The van der Waals surface area contributed by atoms with Gasteiger partial charge < -0.3 is 9.47 Å². The van der Waals surface area contributed by atoms with Gasteiger partial charge in [0.1, 0.15) is 5.75 Å². The van der Waals surface area contributed by atoms with Gasteiger partial charge in [0.2, 0.25) is 0 Å². The second kappa shape index (κ2) is 8.39. The molecule has 0 radical (unpaired) electrons. The molecule has 0 aliphatic heterocycles. The Kier molecular flexibility index (Phi) is 5.94. The molecule has 0 fully saturated rings. The van der Waals surface area contributed by atoms with Gasteiger partial charge in [0.15, 0.2) is 23.3 Å². The van der Waals surface area contributed by atoms with Gasteiger partial charge in [0.05, 0.1) is 12.8 Å². The smallest absolute Gasteiger partial charge is 0.264 e. The molecule has 0 bridgehead atoms. The first-order valence-corrected chi connectivity index (χ1v) is 9.55. The maximum Gasteiger partial charge on any atom is 0.264 e. The number of rotatable bonds is 6. The summed E-state index contributed by atoms with van der Waals surface area (Å²) in [4.78, 5) is 16.6. The summed E-state index contributed by atoms with van der Waals surface area (Å²) >= 11 is 1.27. The molecular weight excluding hydrogens is 379 g/mol. The van der Waals surface area contributed by atoms with Crippen LogP contribution in [-0.2, 0) is 4.79 Å². The van der Waals surface area contributed by atoms with Gasteiger partial charge in [-0.2, -0.15) is 0 Å². The maximum atomic E-state index is 13.9. The third-order valence-electron chi connectivity index (χ3n) is 4.15. The highest BCUT2D eigenvalue weighted by Crippen LogP contribution is 2.28. The average molecular weight is 400 g/mol. The van der Waals surface area contributed by atoms with Gasteiger partial charge >= 0.3 is 0 Å². The van der Waals surface area contributed by atoms with Crippen LogP contribution < -0.4 is 14.8 Å². The Morgan fingerprint density at radius 3 is 2.54 bits per heavy atom. The van der Waals surface area contributed by atoms with Gasteiger partial charge in [0.25, 0.3) is 5.91 Å². The summed E-state index contributed by atoms with van der Waals surface area (Å²) in [6.45, 7) is 5.81. The summed E-state index contributed by atoms with van der Waals surface area (Å²) in [5, 5.41) is 4.90. The monoisotopic (exact) mass is 400 g/mol. The van der Waals surface area contributed by atoms with Crippen LogP contribution in [0.1, 0.15) is 16.7 Å². The van der Waals surface area contributed by atoms with E-state index in [1.165, 1.54) is 24.5 Å². The number of carbonyl (C=O) groups is 1. The van der Waals surface area contributed by atoms with E-state index in [0.29, 0.717) is 22.1 Å². The number of carbonyl (C=O) groups excluding carboxylic acids is 1. The van der Waals surface area contributed by atoms with Crippen molar-refractivity contribution in [3.8, 4) is 22.8 Å². The first kappa shape index (κ1) is 19.8. The summed E-state index contributed by atoms with van der Waals surface area (Å²) in [6, 6.07) is 8.64. The van der Waals surface area contributed by atoms with Crippen molar-refractivity contribution in [2.75, 3.05) is 19.0 Å². The zero-order valence-electron chi connectivity index (χ0n) is 16.1. The number of thiazole rings is 1. The molecule has 0 saturated carbocycles. The number of hydrogen-bond acceptors (Lipinski definition) is 5. The minimum absolute atomic E-state index is 0.114. The molecule has 1 amide bonds. The minimum Gasteiger partial charge on any atom is -0.494 e. The van der Waals surface area contributed by atoms with E-state index in [9.17, 15) is 9.18 Å². The van der Waals surface area contributed by atoms with Gasteiger partial charge in [0, 0.05) is 10.9 Å². The number of amides is 1. The Hall–Kier alpha value is -2.93. The lowest BCUT2D eigenvalue weighted by atomic mass is 10.1. The van der Waals surface area contributed by atoms with Crippen molar-refractivity contribution in [2.24, 2.45) is 0 Å². The lowest BCUT2D eigenvalue weighted by molar-refractivity contribution is -0.118. The molecule has 0 unspecified atom stereocenters. The van der Waals surface area contributed by atoms with Gasteiger partial charge in [-0.05, 0) is 50.1 Å².